The zero-order valence-corrected chi connectivity index (χ0v) is 9.56. The van der Waals surface area contributed by atoms with Crippen molar-refractivity contribution in [2.75, 3.05) is 0 Å². The predicted molar refractivity (Wildman–Crippen MR) is 63.5 cm³/mol. The summed E-state index contributed by atoms with van der Waals surface area (Å²) in [5.41, 5.74) is 5.10. The Hall–Kier alpha value is -1.57. The van der Waals surface area contributed by atoms with Crippen LogP contribution in [0.25, 0.3) is 10.9 Å². The number of pyridine rings is 1. The fraction of sp³-hybridized carbons (Fsp3) is 0.308. The molecule has 2 aromatic rings. The van der Waals surface area contributed by atoms with Crippen molar-refractivity contribution in [1.29, 1.82) is 0 Å². The number of nitrogens with one attached hydrogen (secondary N) is 1. The Bertz CT molecular complexity index is 593. The Morgan fingerprint density at radius 2 is 1.73 bits per heavy atom. The second kappa shape index (κ2) is 3.23. The first kappa shape index (κ1) is 9.97. The third-order valence-electron chi connectivity index (χ3n) is 2.93. The molecule has 0 radical (unpaired) electrons. The third-order valence-corrected chi connectivity index (χ3v) is 2.93. The van der Waals surface area contributed by atoms with Crippen molar-refractivity contribution in [2.45, 2.75) is 27.7 Å². The monoisotopic (exact) mass is 201 g/mol. The summed E-state index contributed by atoms with van der Waals surface area (Å²) in [5.74, 6) is 0. The minimum absolute atomic E-state index is 0.152. The lowest BCUT2D eigenvalue weighted by atomic mass is 10.0. The molecule has 0 atom stereocenters. The van der Waals surface area contributed by atoms with E-state index in [1.807, 2.05) is 39.8 Å². The lowest BCUT2D eigenvalue weighted by molar-refractivity contribution is 1.17. The highest BCUT2D eigenvalue weighted by atomic mass is 16.1. The maximum Gasteiger partial charge on any atom is 0.192 e. The van der Waals surface area contributed by atoms with Crippen molar-refractivity contribution in [3.05, 3.63) is 44.7 Å². The number of hydrogen-bond acceptors (Lipinski definition) is 1. The lowest BCUT2D eigenvalue weighted by Crippen LogP contribution is -2.11. The molecule has 1 N–H and O–H groups in total. The molecule has 2 rings (SSSR count). The lowest BCUT2D eigenvalue weighted by Gasteiger charge is -2.07. The van der Waals surface area contributed by atoms with Gasteiger partial charge in [0.05, 0.1) is 0 Å². The van der Waals surface area contributed by atoms with Crippen LogP contribution in [0.3, 0.4) is 0 Å². The third kappa shape index (κ3) is 1.46. The molecule has 0 saturated carbocycles. The van der Waals surface area contributed by atoms with E-state index in [-0.39, 0.29) is 5.43 Å². The van der Waals surface area contributed by atoms with Crippen LogP contribution < -0.4 is 5.43 Å². The van der Waals surface area contributed by atoms with Gasteiger partial charge in [-0.3, -0.25) is 4.79 Å². The number of hydrogen-bond donors (Lipinski definition) is 1. The van der Waals surface area contributed by atoms with Crippen LogP contribution in [0.2, 0.25) is 0 Å². The van der Waals surface area contributed by atoms with E-state index >= 15 is 0 Å². The predicted octanol–water partition coefficient (Wildman–Crippen LogP) is 2.76. The van der Waals surface area contributed by atoms with E-state index in [0.29, 0.717) is 0 Å². The zero-order valence-electron chi connectivity index (χ0n) is 9.56. The van der Waals surface area contributed by atoms with Crippen LogP contribution in [0.15, 0.2) is 16.9 Å². The number of aromatic nitrogens is 1. The van der Waals surface area contributed by atoms with E-state index in [9.17, 15) is 4.79 Å². The Morgan fingerprint density at radius 3 is 2.40 bits per heavy atom. The summed E-state index contributed by atoms with van der Waals surface area (Å²) in [6.45, 7) is 7.83. The zero-order chi connectivity index (χ0) is 11.2. The summed E-state index contributed by atoms with van der Waals surface area (Å²) in [7, 11) is 0. The molecule has 1 aromatic carbocycles. The summed E-state index contributed by atoms with van der Waals surface area (Å²) < 4.78 is 0. The first-order valence-electron chi connectivity index (χ1n) is 5.11. The average Bonchev–Trinajstić information content (AvgIpc) is 2.13. The van der Waals surface area contributed by atoms with Gasteiger partial charge in [-0.05, 0) is 44.9 Å². The van der Waals surface area contributed by atoms with Crippen molar-refractivity contribution in [3.8, 4) is 0 Å². The van der Waals surface area contributed by atoms with Gasteiger partial charge in [0, 0.05) is 22.2 Å². The van der Waals surface area contributed by atoms with Gasteiger partial charge in [0.1, 0.15) is 0 Å². The second-order valence-corrected chi connectivity index (χ2v) is 4.21. The van der Waals surface area contributed by atoms with Crippen LogP contribution in [-0.2, 0) is 0 Å². The molecule has 0 unspecified atom stereocenters. The molecule has 78 valence electrons. The fourth-order valence-electron chi connectivity index (χ4n) is 2.02. The molecule has 2 nitrogen and oxygen atoms in total. The first-order valence-corrected chi connectivity index (χ1v) is 5.11. The number of aryl methyl sites for hydroxylation is 3. The highest BCUT2D eigenvalue weighted by Gasteiger charge is 2.07. The number of benzene rings is 1. The molecule has 0 saturated heterocycles. The Balaban J connectivity index is 3.06. The van der Waals surface area contributed by atoms with Crippen LogP contribution in [0.5, 0.6) is 0 Å². The number of rotatable bonds is 0. The van der Waals surface area contributed by atoms with Gasteiger partial charge >= 0.3 is 0 Å². The van der Waals surface area contributed by atoms with Gasteiger partial charge in [-0.15, -0.1) is 0 Å². The molecule has 0 amide bonds. The van der Waals surface area contributed by atoms with Crippen LogP contribution in [0.1, 0.15) is 22.4 Å². The van der Waals surface area contributed by atoms with Crippen molar-refractivity contribution in [2.24, 2.45) is 0 Å². The Labute approximate surface area is 89.0 Å². The average molecular weight is 201 g/mol. The van der Waals surface area contributed by atoms with Gasteiger partial charge in [0.2, 0.25) is 0 Å². The normalized spacial score (nSPS) is 10.9. The van der Waals surface area contributed by atoms with Crippen molar-refractivity contribution < 1.29 is 0 Å². The fourth-order valence-corrected chi connectivity index (χ4v) is 2.02. The molecule has 0 aliphatic heterocycles. The van der Waals surface area contributed by atoms with Gasteiger partial charge < -0.3 is 4.98 Å². The minimum Gasteiger partial charge on any atom is -0.358 e. The van der Waals surface area contributed by atoms with E-state index in [2.05, 4.69) is 4.98 Å². The molecule has 1 aromatic heterocycles. The Kier molecular flexibility index (Phi) is 2.14. The summed E-state index contributed by atoms with van der Waals surface area (Å²) in [4.78, 5) is 15.3. The number of fused-ring (bicyclic) bond motifs is 1. The molecule has 15 heavy (non-hydrogen) atoms. The molecule has 0 bridgehead atoms. The van der Waals surface area contributed by atoms with E-state index in [1.165, 1.54) is 5.56 Å². The summed E-state index contributed by atoms with van der Waals surface area (Å²) >= 11 is 0. The summed E-state index contributed by atoms with van der Waals surface area (Å²) in [6, 6.07) is 4.07. The molecule has 0 aliphatic rings. The second-order valence-electron chi connectivity index (χ2n) is 4.21. The van der Waals surface area contributed by atoms with E-state index in [0.717, 1.165) is 27.7 Å². The molecule has 2 heteroatoms. The summed E-state index contributed by atoms with van der Waals surface area (Å²) in [5, 5.41) is 0.823. The SMILES string of the molecule is Cc1cc(C)c2c(=O)c(C)c(C)[nH]c2c1. The largest absolute Gasteiger partial charge is 0.358 e. The topological polar surface area (TPSA) is 32.9 Å². The molecule has 0 aliphatic carbocycles. The van der Waals surface area contributed by atoms with Gasteiger partial charge in [0.25, 0.3) is 0 Å². The van der Waals surface area contributed by atoms with Crippen molar-refractivity contribution in [1.82, 2.24) is 4.98 Å². The van der Waals surface area contributed by atoms with Crippen LogP contribution in [-0.4, -0.2) is 4.98 Å². The van der Waals surface area contributed by atoms with E-state index in [1.54, 1.807) is 0 Å². The van der Waals surface area contributed by atoms with Crippen molar-refractivity contribution in [3.63, 3.8) is 0 Å². The first-order chi connectivity index (χ1) is 7.00. The number of aromatic amines is 1. The smallest absolute Gasteiger partial charge is 0.192 e. The standard InChI is InChI=1S/C13H15NO/c1-7-5-8(2)12-11(6-7)14-10(4)9(3)13(12)15/h5-6H,1-4H3,(H,14,15). The highest BCUT2D eigenvalue weighted by Crippen LogP contribution is 2.17. The number of H-pyrrole nitrogens is 1. The maximum absolute atomic E-state index is 12.1. The van der Waals surface area contributed by atoms with Gasteiger partial charge in [0.15, 0.2) is 5.43 Å². The van der Waals surface area contributed by atoms with Crippen LogP contribution in [0.4, 0.5) is 0 Å². The van der Waals surface area contributed by atoms with Crippen LogP contribution in [0, 0.1) is 27.7 Å². The molecule has 1 heterocycles. The molecular formula is C13H15NO. The molecule has 0 spiro atoms. The van der Waals surface area contributed by atoms with Gasteiger partial charge in [-0.2, -0.15) is 0 Å². The highest BCUT2D eigenvalue weighted by molar-refractivity contribution is 5.83. The minimum atomic E-state index is 0.152. The van der Waals surface area contributed by atoms with Crippen LogP contribution >= 0.6 is 0 Å². The van der Waals surface area contributed by atoms with Crippen molar-refractivity contribution >= 4 is 10.9 Å². The van der Waals surface area contributed by atoms with E-state index in [4.69, 9.17) is 0 Å². The van der Waals surface area contributed by atoms with E-state index < -0.39 is 0 Å². The van der Waals surface area contributed by atoms with Gasteiger partial charge in [-0.1, -0.05) is 6.07 Å². The quantitative estimate of drug-likeness (QED) is 0.698. The summed E-state index contributed by atoms with van der Waals surface area (Å²) in [6.07, 6.45) is 0. The molecule has 0 fully saturated rings. The van der Waals surface area contributed by atoms with Gasteiger partial charge in [-0.25, -0.2) is 0 Å². The Morgan fingerprint density at radius 1 is 1.07 bits per heavy atom. The molecular weight excluding hydrogens is 186 g/mol. The maximum atomic E-state index is 12.1.